The zero-order valence-electron chi connectivity index (χ0n) is 16.0. The first-order valence-electron chi connectivity index (χ1n) is 9.47. The molecule has 0 saturated heterocycles. The minimum Gasteiger partial charge on any atom is -0.377 e. The van der Waals surface area contributed by atoms with Crippen LogP contribution in [0.25, 0.3) is 0 Å². The molecule has 2 heterocycles. The number of hydroxylamine groups is 2. The van der Waals surface area contributed by atoms with Crippen molar-refractivity contribution in [1.29, 1.82) is 0 Å². The maximum atomic E-state index is 12.6. The fourth-order valence-corrected chi connectivity index (χ4v) is 4.21. The molecule has 6 nitrogen and oxygen atoms in total. The lowest BCUT2D eigenvalue weighted by molar-refractivity contribution is -0.137. The smallest absolute Gasteiger partial charge is 0.377 e. The van der Waals surface area contributed by atoms with Crippen molar-refractivity contribution >= 4 is 11.8 Å². The highest BCUT2D eigenvalue weighted by Crippen LogP contribution is 2.42. The number of nitrogens with one attached hydrogen (secondary N) is 1. The van der Waals surface area contributed by atoms with Gasteiger partial charge < -0.3 is 16.3 Å². The third kappa shape index (κ3) is 4.36. The Balaban J connectivity index is 1.28. The second kappa shape index (κ2) is 8.38. The fourth-order valence-electron chi connectivity index (χ4n) is 3.29. The molecule has 0 aliphatic carbocycles. The lowest BCUT2D eigenvalue weighted by Gasteiger charge is -2.21. The zero-order chi connectivity index (χ0) is 21.3. The number of hydrazine groups is 1. The monoisotopic (exact) mass is 437 g/mol. The molecule has 2 aromatic rings. The van der Waals surface area contributed by atoms with Crippen LogP contribution in [0.4, 0.5) is 13.2 Å². The Hall–Kier alpha value is -2.40. The lowest BCUT2D eigenvalue weighted by atomic mass is 10.1. The molecule has 0 aromatic heterocycles. The Morgan fingerprint density at radius 2 is 1.80 bits per heavy atom. The summed E-state index contributed by atoms with van der Waals surface area (Å²) in [5.41, 5.74) is 16.5. The molecule has 0 amide bonds. The highest BCUT2D eigenvalue weighted by atomic mass is 32.2. The van der Waals surface area contributed by atoms with Crippen molar-refractivity contribution in [2.75, 3.05) is 6.54 Å². The number of rotatable bonds is 6. The van der Waals surface area contributed by atoms with Gasteiger partial charge in [-0.25, -0.2) is 5.43 Å². The summed E-state index contributed by atoms with van der Waals surface area (Å²) in [5.74, 6) is 0.725. The molecule has 0 spiro atoms. The van der Waals surface area contributed by atoms with E-state index in [-0.39, 0.29) is 5.50 Å². The number of halogens is 3. The van der Waals surface area contributed by atoms with Crippen molar-refractivity contribution in [3.05, 3.63) is 76.5 Å². The van der Waals surface area contributed by atoms with Crippen LogP contribution in [0, 0.1) is 0 Å². The van der Waals surface area contributed by atoms with E-state index >= 15 is 0 Å². The minimum atomic E-state index is -4.31. The number of thioether (sulfide) groups is 1. The molecule has 30 heavy (non-hydrogen) atoms. The summed E-state index contributed by atoms with van der Waals surface area (Å²) in [7, 11) is 0. The van der Waals surface area contributed by atoms with Crippen molar-refractivity contribution in [1.82, 2.24) is 15.5 Å². The van der Waals surface area contributed by atoms with Gasteiger partial charge in [0.15, 0.2) is 5.75 Å². The predicted octanol–water partition coefficient (Wildman–Crippen LogP) is 3.50. The van der Waals surface area contributed by atoms with E-state index in [4.69, 9.17) is 16.3 Å². The van der Waals surface area contributed by atoms with E-state index in [9.17, 15) is 13.2 Å². The number of fused-ring (bicyclic) bond motifs is 1. The minimum absolute atomic E-state index is 0.342. The van der Waals surface area contributed by atoms with Gasteiger partial charge in [0.05, 0.1) is 11.8 Å². The zero-order valence-corrected chi connectivity index (χ0v) is 16.8. The number of nitrogens with zero attached hydrogens (tertiary/aromatic N) is 2. The molecule has 2 aliphatic heterocycles. The van der Waals surface area contributed by atoms with Crippen molar-refractivity contribution in [3.8, 4) is 5.75 Å². The molecule has 4 rings (SSSR count). The summed E-state index contributed by atoms with van der Waals surface area (Å²) in [6.45, 7) is 0.617. The third-order valence-electron chi connectivity index (χ3n) is 4.89. The van der Waals surface area contributed by atoms with E-state index in [0.717, 1.165) is 40.5 Å². The molecule has 0 fully saturated rings. The van der Waals surface area contributed by atoms with Gasteiger partial charge in [0.1, 0.15) is 16.7 Å². The Morgan fingerprint density at radius 1 is 1.07 bits per heavy atom. The van der Waals surface area contributed by atoms with Crippen LogP contribution in [-0.4, -0.2) is 22.1 Å². The SMILES string of the molecule is NC1c2ccccc2ON1C1=CN(NCCCc2ccc(C(F)(F)F)cc2)[C@H](N)S1. The van der Waals surface area contributed by atoms with Gasteiger partial charge in [-0.3, -0.25) is 5.01 Å². The number of hydrogen-bond donors (Lipinski definition) is 3. The molecule has 0 radical (unpaired) electrons. The van der Waals surface area contributed by atoms with Crippen molar-refractivity contribution in [3.63, 3.8) is 0 Å². The number of aryl methyl sites for hydroxylation is 1. The van der Waals surface area contributed by atoms with Gasteiger partial charge in [-0.05, 0) is 36.6 Å². The third-order valence-corrected chi connectivity index (χ3v) is 5.88. The molecule has 1 unspecified atom stereocenters. The lowest BCUT2D eigenvalue weighted by Crippen LogP contribution is -2.43. The topological polar surface area (TPSA) is 79.8 Å². The van der Waals surface area contributed by atoms with Crippen LogP contribution in [0.5, 0.6) is 5.75 Å². The van der Waals surface area contributed by atoms with Gasteiger partial charge in [0, 0.05) is 12.1 Å². The first-order valence-corrected chi connectivity index (χ1v) is 10.3. The Morgan fingerprint density at radius 3 is 2.50 bits per heavy atom. The summed E-state index contributed by atoms with van der Waals surface area (Å²) in [4.78, 5) is 5.85. The van der Waals surface area contributed by atoms with Crippen LogP contribution in [0.15, 0.2) is 59.8 Å². The average Bonchev–Trinajstić information content (AvgIpc) is 3.25. The fraction of sp³-hybridized carbons (Fsp3) is 0.300. The summed E-state index contributed by atoms with van der Waals surface area (Å²) < 4.78 is 37.9. The van der Waals surface area contributed by atoms with E-state index in [1.54, 1.807) is 10.1 Å². The molecule has 2 aromatic carbocycles. The van der Waals surface area contributed by atoms with Crippen LogP contribution in [0.1, 0.15) is 29.3 Å². The molecule has 2 aliphatic rings. The highest BCUT2D eigenvalue weighted by molar-refractivity contribution is 8.03. The van der Waals surface area contributed by atoms with Crippen LogP contribution < -0.4 is 21.7 Å². The summed E-state index contributed by atoms with van der Waals surface area (Å²) >= 11 is 1.42. The number of para-hydroxylation sites is 1. The van der Waals surface area contributed by atoms with E-state index in [1.807, 2.05) is 30.5 Å². The van der Waals surface area contributed by atoms with Gasteiger partial charge in [-0.2, -0.15) is 18.2 Å². The molecule has 2 atom stereocenters. The van der Waals surface area contributed by atoms with Crippen LogP contribution in [-0.2, 0) is 12.6 Å². The second-order valence-corrected chi connectivity index (χ2v) is 8.13. The largest absolute Gasteiger partial charge is 0.416 e. The highest BCUT2D eigenvalue weighted by Gasteiger charge is 2.36. The maximum Gasteiger partial charge on any atom is 0.416 e. The van der Waals surface area contributed by atoms with Gasteiger partial charge in [0.2, 0.25) is 0 Å². The van der Waals surface area contributed by atoms with Crippen LogP contribution >= 0.6 is 11.8 Å². The molecular formula is C20H22F3N5OS. The van der Waals surface area contributed by atoms with E-state index in [1.165, 1.54) is 23.9 Å². The normalized spacial score (nSPS) is 20.9. The van der Waals surface area contributed by atoms with E-state index < -0.39 is 17.9 Å². The molecule has 160 valence electrons. The molecule has 0 saturated carbocycles. The van der Waals surface area contributed by atoms with Crippen LogP contribution in [0.3, 0.4) is 0 Å². The quantitative estimate of drug-likeness (QED) is 0.597. The van der Waals surface area contributed by atoms with Gasteiger partial charge in [-0.1, -0.05) is 42.1 Å². The first kappa shape index (κ1) is 20.9. The summed E-state index contributed by atoms with van der Waals surface area (Å²) in [6.07, 6.45) is -1.47. The average molecular weight is 437 g/mol. The van der Waals surface area contributed by atoms with Crippen molar-refractivity contribution in [2.45, 2.75) is 30.7 Å². The Kier molecular flexibility index (Phi) is 5.83. The van der Waals surface area contributed by atoms with Crippen molar-refractivity contribution < 1.29 is 18.0 Å². The van der Waals surface area contributed by atoms with Gasteiger partial charge >= 0.3 is 6.18 Å². The van der Waals surface area contributed by atoms with Crippen molar-refractivity contribution in [2.24, 2.45) is 11.5 Å². The number of benzene rings is 2. The van der Waals surface area contributed by atoms with Crippen LogP contribution in [0.2, 0.25) is 0 Å². The number of nitrogens with two attached hydrogens (primary N) is 2. The van der Waals surface area contributed by atoms with E-state index in [2.05, 4.69) is 5.43 Å². The molecule has 0 bridgehead atoms. The van der Waals surface area contributed by atoms with Gasteiger partial charge in [0.25, 0.3) is 0 Å². The maximum absolute atomic E-state index is 12.6. The number of hydrogen-bond acceptors (Lipinski definition) is 7. The first-order chi connectivity index (χ1) is 14.3. The predicted molar refractivity (Wildman–Crippen MR) is 109 cm³/mol. The standard InChI is InChI=1S/C20H22F3N5OS/c21-20(22,23)14-9-7-13(8-10-14)4-3-11-26-27-12-17(30-19(27)25)28-18(24)15-5-1-2-6-16(15)29-28/h1-2,5-10,12,18-19,26H,3-4,11,24-25H2/t18?,19-/m0/s1. The molecular weight excluding hydrogens is 415 g/mol. The Labute approximate surface area is 176 Å². The van der Waals surface area contributed by atoms with Gasteiger partial charge in [-0.15, -0.1) is 0 Å². The Bertz CT molecular complexity index is 921. The second-order valence-electron chi connectivity index (χ2n) is 6.99. The number of alkyl halides is 3. The molecule has 5 N–H and O–H groups in total. The summed E-state index contributed by atoms with van der Waals surface area (Å²) in [5, 5.41) is 4.21. The summed E-state index contributed by atoms with van der Waals surface area (Å²) in [6, 6.07) is 12.9. The van der Waals surface area contributed by atoms with E-state index in [0.29, 0.717) is 13.0 Å². The molecule has 10 heteroatoms.